The zero-order valence-corrected chi connectivity index (χ0v) is 27.1. The highest BCUT2D eigenvalue weighted by Crippen LogP contribution is 2.54. The maximum Gasteiger partial charge on any atom is 0.255 e. The number of phenolic OH excluding ortho intramolecular Hbond substituents is 1. The third-order valence-electron chi connectivity index (χ3n) is 9.06. The number of aromatic hydroxyl groups is 1. The molecule has 43 heavy (non-hydrogen) atoms. The maximum absolute atomic E-state index is 14.0. The van der Waals surface area contributed by atoms with E-state index in [0.29, 0.717) is 12.1 Å². The SMILES string of the molecule is CN(C)c1c(CN2CCCCC2)cc(O)c2c1C[C@H]1C[C@H]3[C@H](N(C)C)C(=O)C(C(N)=O)=C(O)[C@@]3(O)C(=O)C1=C2O.Cl.Cl.Cl. The fourth-order valence-corrected chi connectivity index (χ4v) is 7.40. The molecule has 1 amide bonds. The summed E-state index contributed by atoms with van der Waals surface area (Å²) < 4.78 is 0. The Morgan fingerprint density at radius 2 is 1.65 bits per heavy atom. The van der Waals surface area contributed by atoms with Gasteiger partial charge in [-0.2, -0.15) is 0 Å². The van der Waals surface area contributed by atoms with Gasteiger partial charge in [-0.25, -0.2) is 0 Å². The smallest absolute Gasteiger partial charge is 0.255 e. The second-order valence-corrected chi connectivity index (χ2v) is 11.9. The van der Waals surface area contributed by atoms with Crippen LogP contribution in [-0.4, -0.2) is 101 Å². The van der Waals surface area contributed by atoms with Crippen LogP contribution in [0.3, 0.4) is 0 Å². The summed E-state index contributed by atoms with van der Waals surface area (Å²) in [6.07, 6.45) is 3.75. The molecule has 1 saturated heterocycles. The minimum atomic E-state index is -2.64. The highest BCUT2D eigenvalue weighted by atomic mass is 35.5. The molecule has 5 rings (SSSR count). The number of benzene rings is 1. The molecule has 4 aliphatic rings. The van der Waals surface area contributed by atoms with Gasteiger partial charge >= 0.3 is 0 Å². The summed E-state index contributed by atoms with van der Waals surface area (Å²) in [5.41, 5.74) is 4.33. The third kappa shape index (κ3) is 5.60. The number of carbonyl (C=O) groups excluding carboxylic acids is 3. The number of halogens is 3. The first-order valence-corrected chi connectivity index (χ1v) is 13.7. The van der Waals surface area contributed by atoms with Crippen LogP contribution in [0, 0.1) is 11.8 Å². The normalized spacial score (nSPS) is 26.9. The number of hydrogen-bond acceptors (Lipinski definition) is 10. The van der Waals surface area contributed by atoms with Crippen LogP contribution < -0.4 is 10.6 Å². The van der Waals surface area contributed by atoms with Gasteiger partial charge in [0.05, 0.1) is 11.6 Å². The van der Waals surface area contributed by atoms with Gasteiger partial charge in [0.2, 0.25) is 5.78 Å². The van der Waals surface area contributed by atoms with Crippen molar-refractivity contribution in [1.82, 2.24) is 9.80 Å². The molecule has 14 heteroatoms. The van der Waals surface area contributed by atoms with Crippen LogP contribution >= 0.6 is 37.2 Å². The first-order chi connectivity index (χ1) is 18.8. The Balaban J connectivity index is 0.00000215. The molecule has 1 heterocycles. The molecule has 0 aromatic heterocycles. The molecule has 4 atom stereocenters. The van der Waals surface area contributed by atoms with Crippen LogP contribution in [0.25, 0.3) is 5.76 Å². The second kappa shape index (κ2) is 13.2. The molecule has 0 bridgehead atoms. The van der Waals surface area contributed by atoms with Crippen LogP contribution in [0.4, 0.5) is 5.69 Å². The molecule has 6 N–H and O–H groups in total. The zero-order chi connectivity index (χ0) is 29.3. The van der Waals surface area contributed by atoms with Crippen molar-refractivity contribution in [3.63, 3.8) is 0 Å². The number of phenols is 1. The van der Waals surface area contributed by atoms with Gasteiger partial charge in [0.15, 0.2) is 11.4 Å². The lowest BCUT2D eigenvalue weighted by atomic mass is 9.57. The van der Waals surface area contributed by atoms with E-state index in [9.17, 15) is 34.8 Å². The maximum atomic E-state index is 14.0. The third-order valence-corrected chi connectivity index (χ3v) is 9.06. The summed E-state index contributed by atoms with van der Waals surface area (Å²) in [7, 11) is 6.96. The highest BCUT2D eigenvalue weighted by molar-refractivity contribution is 6.24. The van der Waals surface area contributed by atoms with Crippen molar-refractivity contribution in [3.05, 3.63) is 39.7 Å². The van der Waals surface area contributed by atoms with Gasteiger partial charge < -0.3 is 31.1 Å². The lowest BCUT2D eigenvalue weighted by molar-refractivity contribution is -0.153. The number of rotatable bonds is 5. The monoisotopic (exact) mass is 662 g/mol. The molecule has 11 nitrogen and oxygen atoms in total. The Kier molecular flexibility index (Phi) is 11.3. The summed E-state index contributed by atoms with van der Waals surface area (Å²) in [5.74, 6) is -6.46. The Labute approximate surface area is 269 Å². The Morgan fingerprint density at radius 3 is 2.19 bits per heavy atom. The second-order valence-electron chi connectivity index (χ2n) is 11.9. The number of primary amides is 1. The van der Waals surface area contributed by atoms with Gasteiger partial charge in [-0.3, -0.25) is 24.2 Å². The van der Waals surface area contributed by atoms with Gasteiger partial charge in [0.1, 0.15) is 22.8 Å². The topological polar surface area (TPSA) is 168 Å². The molecule has 0 radical (unpaired) electrons. The van der Waals surface area contributed by atoms with E-state index >= 15 is 0 Å². The summed E-state index contributed by atoms with van der Waals surface area (Å²) in [5, 5.41) is 45.4. The molecule has 1 aliphatic heterocycles. The van der Waals surface area contributed by atoms with E-state index in [1.54, 1.807) is 20.2 Å². The van der Waals surface area contributed by atoms with Crippen LogP contribution in [0.5, 0.6) is 5.75 Å². The Hall–Kier alpha value is -2.54. The molecular weight excluding hydrogens is 623 g/mol. The molecular formula is C29H41Cl3N4O7. The highest BCUT2D eigenvalue weighted by Gasteiger charge is 2.64. The fourth-order valence-electron chi connectivity index (χ4n) is 7.40. The predicted molar refractivity (Wildman–Crippen MR) is 169 cm³/mol. The lowest BCUT2D eigenvalue weighted by Crippen LogP contribution is -2.65. The number of ketones is 2. The van der Waals surface area contributed by atoms with Crippen molar-refractivity contribution in [3.8, 4) is 5.75 Å². The van der Waals surface area contributed by atoms with Crippen LogP contribution in [-0.2, 0) is 27.3 Å². The van der Waals surface area contributed by atoms with Crippen molar-refractivity contribution in [2.24, 2.45) is 17.6 Å². The van der Waals surface area contributed by atoms with Gasteiger partial charge in [-0.1, -0.05) is 6.42 Å². The molecule has 1 aromatic rings. The minimum absolute atomic E-state index is 0. The quantitative estimate of drug-likeness (QED) is 0.295. The first kappa shape index (κ1) is 36.7. The minimum Gasteiger partial charge on any atom is -0.508 e. The molecule has 2 fully saturated rings. The van der Waals surface area contributed by atoms with E-state index in [-0.39, 0.29) is 66.9 Å². The average molecular weight is 664 g/mol. The van der Waals surface area contributed by atoms with Gasteiger partial charge in [0, 0.05) is 37.8 Å². The van der Waals surface area contributed by atoms with Crippen molar-refractivity contribution in [2.45, 2.75) is 50.3 Å². The predicted octanol–water partition coefficient (Wildman–Crippen LogP) is 2.28. The van der Waals surface area contributed by atoms with E-state index in [2.05, 4.69) is 4.90 Å². The van der Waals surface area contributed by atoms with Crippen LogP contribution in [0.15, 0.2) is 23.0 Å². The van der Waals surface area contributed by atoms with Crippen molar-refractivity contribution >= 4 is 66.1 Å². The van der Waals surface area contributed by atoms with Crippen molar-refractivity contribution in [2.75, 3.05) is 46.2 Å². The summed E-state index contributed by atoms with van der Waals surface area (Å²) >= 11 is 0. The number of amides is 1. The van der Waals surface area contributed by atoms with Crippen LogP contribution in [0.2, 0.25) is 0 Å². The zero-order valence-electron chi connectivity index (χ0n) is 24.6. The number of likely N-dealkylation sites (N-methyl/N-ethyl adjacent to an activating group) is 1. The molecule has 0 spiro atoms. The standard InChI is InChI=1S/C29H38N4O7.3ClH/c1-31(2)22-15(13-33-8-6-5-7-9-33)12-18(34)20-16(22)10-14-11-17-23(32(3)4)25(36)21(28(30)39)27(38)29(17,40)26(37)19(14)24(20)35;;;/h12,14,17,23,34-35,38,40H,5-11,13H2,1-4H3,(H2,30,39);3*1H/t14-,17-,23-,29-;;;/m0.../s1. The number of aliphatic hydroxyl groups excluding tert-OH is 2. The number of likely N-dealkylation sites (tertiary alicyclic amines) is 1. The summed E-state index contributed by atoms with van der Waals surface area (Å²) in [6.45, 7) is 2.55. The van der Waals surface area contributed by atoms with E-state index in [4.69, 9.17) is 5.73 Å². The van der Waals surface area contributed by atoms with E-state index in [1.165, 1.54) is 11.3 Å². The summed E-state index contributed by atoms with van der Waals surface area (Å²) in [4.78, 5) is 45.2. The molecule has 1 aromatic carbocycles. The lowest BCUT2D eigenvalue weighted by Gasteiger charge is -2.50. The number of fused-ring (bicyclic) bond motifs is 3. The number of Topliss-reactive ketones (excluding diaryl/α,β-unsaturated/α-hetero) is 2. The molecule has 0 unspecified atom stereocenters. The van der Waals surface area contributed by atoms with Gasteiger partial charge in [-0.05, 0) is 76.0 Å². The number of hydrogen-bond donors (Lipinski definition) is 5. The molecule has 3 aliphatic carbocycles. The van der Waals surface area contributed by atoms with Crippen LogP contribution in [0.1, 0.15) is 42.4 Å². The average Bonchev–Trinajstić information content (AvgIpc) is 2.86. The molecule has 240 valence electrons. The van der Waals surface area contributed by atoms with E-state index in [1.807, 2.05) is 19.0 Å². The van der Waals surface area contributed by atoms with Gasteiger partial charge in [0.25, 0.3) is 5.91 Å². The van der Waals surface area contributed by atoms with Gasteiger partial charge in [-0.15, -0.1) is 37.2 Å². The van der Waals surface area contributed by atoms with E-state index < -0.39 is 58.0 Å². The molecule has 1 saturated carbocycles. The number of carbonyl (C=O) groups is 3. The Bertz CT molecular complexity index is 1370. The number of anilines is 1. The fraction of sp³-hybridized carbons (Fsp3) is 0.552. The largest absolute Gasteiger partial charge is 0.508 e. The van der Waals surface area contributed by atoms with Crippen molar-refractivity contribution < 1.29 is 34.8 Å². The number of nitrogens with two attached hydrogens (primary N) is 1. The number of piperidine rings is 1. The van der Waals surface area contributed by atoms with E-state index in [0.717, 1.165) is 37.2 Å². The Morgan fingerprint density at radius 1 is 1.05 bits per heavy atom. The van der Waals surface area contributed by atoms with Crippen molar-refractivity contribution in [1.29, 1.82) is 0 Å². The summed E-state index contributed by atoms with van der Waals surface area (Å²) in [6, 6.07) is 0.513. The first-order valence-electron chi connectivity index (χ1n) is 13.7. The number of aliphatic hydroxyl groups is 3. The number of nitrogens with zero attached hydrogens (tertiary/aromatic N) is 3.